The van der Waals surface area contributed by atoms with Crippen LogP contribution in [0.4, 0.5) is 0 Å². The molecule has 1 aliphatic heterocycles. The van der Waals surface area contributed by atoms with Crippen molar-refractivity contribution in [2.75, 3.05) is 13.2 Å². The second-order valence-electron chi connectivity index (χ2n) is 8.07. The maximum Gasteiger partial charge on any atom is 0.250 e. The van der Waals surface area contributed by atoms with Crippen LogP contribution in [0.25, 0.3) is 0 Å². The van der Waals surface area contributed by atoms with Crippen LogP contribution in [-0.4, -0.2) is 52.9 Å². The summed E-state index contributed by atoms with van der Waals surface area (Å²) in [7, 11) is 0. The Labute approximate surface area is 170 Å². The summed E-state index contributed by atoms with van der Waals surface area (Å²) in [6.45, 7) is 3.09. The zero-order valence-electron chi connectivity index (χ0n) is 16.9. The maximum atomic E-state index is 12.5. The summed E-state index contributed by atoms with van der Waals surface area (Å²) in [5, 5.41) is 15.9. The molecule has 1 aromatic heterocycles. The third kappa shape index (κ3) is 5.90. The topological polar surface area (TPSA) is 110 Å². The lowest BCUT2D eigenvalue weighted by atomic mass is 9.85. The predicted octanol–water partition coefficient (Wildman–Crippen LogP) is 0.488. The average Bonchev–Trinajstić information content (AvgIpc) is 2.70. The molecule has 160 valence electrons. The molecule has 29 heavy (non-hydrogen) atoms. The van der Waals surface area contributed by atoms with Gasteiger partial charge in [0.1, 0.15) is 0 Å². The van der Waals surface area contributed by atoms with Gasteiger partial charge >= 0.3 is 0 Å². The SMILES string of the molecule is Cc1cccc(=O)n1CCC(=O)NC1CCC(C(=O)N[C@@H]2COCC[C@@H]2O)CC1. The average molecular weight is 405 g/mol. The van der Waals surface area contributed by atoms with Gasteiger partial charge in [0.25, 0.3) is 5.56 Å². The lowest BCUT2D eigenvalue weighted by molar-refractivity contribution is -0.129. The Bertz CT molecular complexity index is 770. The van der Waals surface area contributed by atoms with Crippen molar-refractivity contribution in [1.82, 2.24) is 15.2 Å². The first-order valence-electron chi connectivity index (χ1n) is 10.5. The Morgan fingerprint density at radius 2 is 1.93 bits per heavy atom. The number of aromatic nitrogens is 1. The monoisotopic (exact) mass is 405 g/mol. The molecule has 8 nitrogen and oxygen atoms in total. The number of nitrogens with one attached hydrogen (secondary N) is 2. The number of aliphatic hydroxyl groups excluding tert-OH is 1. The highest BCUT2D eigenvalue weighted by molar-refractivity contribution is 5.79. The van der Waals surface area contributed by atoms with E-state index in [0.29, 0.717) is 39.0 Å². The molecule has 1 saturated carbocycles. The van der Waals surface area contributed by atoms with Crippen molar-refractivity contribution >= 4 is 11.8 Å². The van der Waals surface area contributed by atoms with Crippen LogP contribution in [0.15, 0.2) is 23.0 Å². The fraction of sp³-hybridized carbons (Fsp3) is 0.667. The summed E-state index contributed by atoms with van der Waals surface area (Å²) in [6.07, 6.45) is 3.15. The highest BCUT2D eigenvalue weighted by atomic mass is 16.5. The summed E-state index contributed by atoms with van der Waals surface area (Å²) in [4.78, 5) is 36.6. The van der Waals surface area contributed by atoms with Gasteiger partial charge in [-0.25, -0.2) is 0 Å². The van der Waals surface area contributed by atoms with Crippen LogP contribution < -0.4 is 16.2 Å². The third-order valence-electron chi connectivity index (χ3n) is 5.94. The van der Waals surface area contributed by atoms with Crippen molar-refractivity contribution in [1.29, 1.82) is 0 Å². The Kier molecular flexibility index (Phi) is 7.44. The number of carbonyl (C=O) groups excluding carboxylic acids is 2. The molecule has 1 aromatic rings. The molecule has 3 N–H and O–H groups in total. The van der Waals surface area contributed by atoms with Crippen LogP contribution in [-0.2, 0) is 20.9 Å². The van der Waals surface area contributed by atoms with E-state index in [1.165, 1.54) is 6.07 Å². The number of aryl methyl sites for hydroxylation is 1. The fourth-order valence-electron chi connectivity index (χ4n) is 4.09. The molecule has 2 aliphatic rings. The molecule has 0 aromatic carbocycles. The highest BCUT2D eigenvalue weighted by Crippen LogP contribution is 2.25. The summed E-state index contributed by atoms with van der Waals surface area (Å²) < 4.78 is 6.93. The van der Waals surface area contributed by atoms with E-state index in [-0.39, 0.29) is 41.8 Å². The number of nitrogens with zero attached hydrogens (tertiary/aromatic N) is 1. The Morgan fingerprint density at radius 1 is 1.17 bits per heavy atom. The summed E-state index contributed by atoms with van der Waals surface area (Å²) in [5.74, 6) is -0.207. The second kappa shape index (κ2) is 10.0. The van der Waals surface area contributed by atoms with Gasteiger partial charge in [-0.15, -0.1) is 0 Å². The van der Waals surface area contributed by atoms with E-state index in [1.807, 2.05) is 13.0 Å². The van der Waals surface area contributed by atoms with Gasteiger partial charge in [-0.3, -0.25) is 14.4 Å². The Balaban J connectivity index is 1.39. The van der Waals surface area contributed by atoms with Crippen LogP contribution in [0.5, 0.6) is 0 Å². The predicted molar refractivity (Wildman–Crippen MR) is 107 cm³/mol. The van der Waals surface area contributed by atoms with Crippen molar-refractivity contribution < 1.29 is 19.4 Å². The molecule has 2 amide bonds. The first-order valence-corrected chi connectivity index (χ1v) is 10.5. The molecular weight excluding hydrogens is 374 g/mol. The van der Waals surface area contributed by atoms with Gasteiger partial charge in [0, 0.05) is 43.3 Å². The molecule has 8 heteroatoms. The van der Waals surface area contributed by atoms with E-state index in [0.717, 1.165) is 18.5 Å². The van der Waals surface area contributed by atoms with Crippen LogP contribution >= 0.6 is 0 Å². The third-order valence-corrected chi connectivity index (χ3v) is 5.94. The second-order valence-corrected chi connectivity index (χ2v) is 8.07. The van der Waals surface area contributed by atoms with E-state index in [1.54, 1.807) is 10.6 Å². The number of carbonyl (C=O) groups is 2. The van der Waals surface area contributed by atoms with Crippen LogP contribution in [0, 0.1) is 12.8 Å². The maximum absolute atomic E-state index is 12.5. The summed E-state index contributed by atoms with van der Waals surface area (Å²) in [5.41, 5.74) is 0.739. The summed E-state index contributed by atoms with van der Waals surface area (Å²) in [6, 6.07) is 4.78. The minimum absolute atomic E-state index is 0.0387. The smallest absolute Gasteiger partial charge is 0.250 e. The lowest BCUT2D eigenvalue weighted by Crippen LogP contribution is -2.51. The van der Waals surface area contributed by atoms with Crippen molar-refractivity contribution in [2.24, 2.45) is 5.92 Å². The first-order chi connectivity index (χ1) is 13.9. The van der Waals surface area contributed by atoms with Crippen molar-refractivity contribution in [3.05, 3.63) is 34.2 Å². The van der Waals surface area contributed by atoms with E-state index >= 15 is 0 Å². The minimum atomic E-state index is -0.552. The largest absolute Gasteiger partial charge is 0.391 e. The number of hydrogen-bond donors (Lipinski definition) is 3. The van der Waals surface area contributed by atoms with Crippen LogP contribution in [0.3, 0.4) is 0 Å². The van der Waals surface area contributed by atoms with Crippen LogP contribution in [0.1, 0.15) is 44.2 Å². The van der Waals surface area contributed by atoms with Gasteiger partial charge in [0.15, 0.2) is 0 Å². The fourth-order valence-corrected chi connectivity index (χ4v) is 4.09. The zero-order valence-corrected chi connectivity index (χ0v) is 16.9. The highest BCUT2D eigenvalue weighted by Gasteiger charge is 2.31. The molecule has 2 atom stereocenters. The molecule has 1 aliphatic carbocycles. The Morgan fingerprint density at radius 3 is 2.62 bits per heavy atom. The van der Waals surface area contributed by atoms with E-state index in [2.05, 4.69) is 10.6 Å². The molecule has 3 rings (SSSR count). The number of rotatable bonds is 6. The number of ether oxygens (including phenoxy) is 1. The lowest BCUT2D eigenvalue weighted by Gasteiger charge is -2.32. The normalized spacial score (nSPS) is 27.2. The van der Waals surface area contributed by atoms with Gasteiger partial charge in [0.2, 0.25) is 11.8 Å². The van der Waals surface area contributed by atoms with E-state index in [4.69, 9.17) is 4.74 Å². The number of pyridine rings is 1. The molecular formula is C21H31N3O5. The minimum Gasteiger partial charge on any atom is -0.391 e. The number of amides is 2. The molecule has 0 unspecified atom stereocenters. The van der Waals surface area contributed by atoms with Gasteiger partial charge < -0.3 is 25.0 Å². The van der Waals surface area contributed by atoms with Gasteiger partial charge in [-0.05, 0) is 45.1 Å². The van der Waals surface area contributed by atoms with Crippen molar-refractivity contribution in [3.63, 3.8) is 0 Å². The van der Waals surface area contributed by atoms with Gasteiger partial charge in [0.05, 0.1) is 18.8 Å². The molecule has 2 heterocycles. The molecule has 2 fully saturated rings. The van der Waals surface area contributed by atoms with Crippen LogP contribution in [0.2, 0.25) is 0 Å². The molecule has 0 spiro atoms. The molecule has 0 bridgehead atoms. The molecule has 0 radical (unpaired) electrons. The standard InChI is InChI=1S/C21H31N3O5/c1-14-3-2-4-20(27)24(14)11-9-19(26)22-16-7-5-15(6-8-16)21(28)23-17-13-29-12-10-18(17)25/h2-4,15-18,25H,5-13H2,1H3,(H,22,26)(H,23,28)/t15?,16?,17-,18+/m1/s1. The number of aliphatic hydroxyl groups is 1. The molecule has 1 saturated heterocycles. The van der Waals surface area contributed by atoms with E-state index < -0.39 is 6.10 Å². The van der Waals surface area contributed by atoms with Gasteiger partial charge in [-0.1, -0.05) is 6.07 Å². The zero-order chi connectivity index (χ0) is 20.8. The summed E-state index contributed by atoms with van der Waals surface area (Å²) >= 11 is 0. The van der Waals surface area contributed by atoms with Gasteiger partial charge in [-0.2, -0.15) is 0 Å². The number of hydrogen-bond acceptors (Lipinski definition) is 5. The van der Waals surface area contributed by atoms with Crippen molar-refractivity contribution in [2.45, 2.75) is 70.2 Å². The van der Waals surface area contributed by atoms with Crippen molar-refractivity contribution in [3.8, 4) is 0 Å². The first kappa shape index (κ1) is 21.5. The van der Waals surface area contributed by atoms with E-state index in [9.17, 15) is 19.5 Å². The Hall–Kier alpha value is -2.19. The quantitative estimate of drug-likeness (QED) is 0.638.